The van der Waals surface area contributed by atoms with Crippen LogP contribution < -0.4 is 5.32 Å². The molecule has 0 aliphatic carbocycles. The van der Waals surface area contributed by atoms with Crippen molar-refractivity contribution in [2.75, 3.05) is 5.32 Å². The standard InChI is InChI=1S/C14H9BrFN3O/c15-11-3-1-2-10(13(11)16)14(20)18-9-5-4-8-7-17-19-12(8)6-9/h1-7H,(H,17,19)(H,18,20). The van der Waals surface area contributed by atoms with Gasteiger partial charge in [-0.2, -0.15) is 5.10 Å². The van der Waals surface area contributed by atoms with Crippen molar-refractivity contribution in [2.24, 2.45) is 0 Å². The molecule has 1 amide bonds. The Labute approximate surface area is 122 Å². The second kappa shape index (κ2) is 5.05. The highest BCUT2D eigenvalue weighted by Crippen LogP contribution is 2.21. The van der Waals surface area contributed by atoms with E-state index in [1.165, 1.54) is 6.07 Å². The van der Waals surface area contributed by atoms with Crippen LogP contribution in [-0.4, -0.2) is 16.1 Å². The predicted molar refractivity (Wildman–Crippen MR) is 78.1 cm³/mol. The van der Waals surface area contributed by atoms with E-state index in [1.807, 2.05) is 6.07 Å². The molecule has 0 bridgehead atoms. The molecule has 0 spiro atoms. The van der Waals surface area contributed by atoms with E-state index in [1.54, 1.807) is 30.5 Å². The second-order valence-corrected chi connectivity index (χ2v) is 5.08. The smallest absolute Gasteiger partial charge is 0.258 e. The van der Waals surface area contributed by atoms with Crippen molar-refractivity contribution in [3.63, 3.8) is 0 Å². The van der Waals surface area contributed by atoms with Crippen molar-refractivity contribution < 1.29 is 9.18 Å². The lowest BCUT2D eigenvalue weighted by molar-refractivity contribution is 0.102. The van der Waals surface area contributed by atoms with Gasteiger partial charge < -0.3 is 5.32 Å². The summed E-state index contributed by atoms with van der Waals surface area (Å²) in [6.07, 6.45) is 1.69. The Bertz CT molecular complexity index is 800. The summed E-state index contributed by atoms with van der Waals surface area (Å²) in [5.41, 5.74) is 1.37. The highest BCUT2D eigenvalue weighted by atomic mass is 79.9. The third kappa shape index (κ3) is 2.30. The first-order valence-corrected chi connectivity index (χ1v) is 6.63. The van der Waals surface area contributed by atoms with Crippen molar-refractivity contribution in [1.29, 1.82) is 0 Å². The van der Waals surface area contributed by atoms with Crippen molar-refractivity contribution in [3.8, 4) is 0 Å². The summed E-state index contributed by atoms with van der Waals surface area (Å²) in [6.45, 7) is 0. The Morgan fingerprint density at radius 2 is 2.15 bits per heavy atom. The molecule has 0 atom stereocenters. The van der Waals surface area contributed by atoms with Gasteiger partial charge in [-0.1, -0.05) is 6.07 Å². The largest absolute Gasteiger partial charge is 0.322 e. The lowest BCUT2D eigenvalue weighted by atomic mass is 10.2. The average molecular weight is 334 g/mol. The van der Waals surface area contributed by atoms with E-state index >= 15 is 0 Å². The molecule has 0 saturated carbocycles. The number of H-pyrrole nitrogens is 1. The fourth-order valence-electron chi connectivity index (χ4n) is 1.89. The van der Waals surface area contributed by atoms with Crippen molar-refractivity contribution in [2.45, 2.75) is 0 Å². The molecule has 0 fully saturated rings. The van der Waals surface area contributed by atoms with Crippen LogP contribution >= 0.6 is 15.9 Å². The van der Waals surface area contributed by atoms with E-state index in [4.69, 9.17) is 0 Å². The van der Waals surface area contributed by atoms with Crippen LogP contribution in [0.3, 0.4) is 0 Å². The normalized spacial score (nSPS) is 10.7. The molecule has 3 aromatic rings. The maximum absolute atomic E-state index is 13.8. The molecule has 0 saturated heterocycles. The van der Waals surface area contributed by atoms with Crippen LogP contribution in [0.5, 0.6) is 0 Å². The van der Waals surface area contributed by atoms with Crippen LogP contribution in [0.1, 0.15) is 10.4 Å². The minimum Gasteiger partial charge on any atom is -0.322 e. The number of rotatable bonds is 2. The summed E-state index contributed by atoms with van der Waals surface area (Å²) in [5.74, 6) is -1.07. The van der Waals surface area contributed by atoms with Gasteiger partial charge in [0.05, 0.1) is 21.7 Å². The summed E-state index contributed by atoms with van der Waals surface area (Å²) in [5, 5.41) is 10.3. The maximum atomic E-state index is 13.8. The van der Waals surface area contributed by atoms with Gasteiger partial charge in [-0.25, -0.2) is 4.39 Å². The maximum Gasteiger partial charge on any atom is 0.258 e. The minimum atomic E-state index is -0.576. The van der Waals surface area contributed by atoms with Crippen molar-refractivity contribution in [1.82, 2.24) is 10.2 Å². The number of aromatic amines is 1. The van der Waals surface area contributed by atoms with Crippen LogP contribution in [0.4, 0.5) is 10.1 Å². The number of nitrogens with zero attached hydrogens (tertiary/aromatic N) is 1. The van der Waals surface area contributed by atoms with Gasteiger partial charge in [-0.15, -0.1) is 0 Å². The second-order valence-electron chi connectivity index (χ2n) is 4.23. The van der Waals surface area contributed by atoms with Crippen molar-refractivity contribution >= 4 is 38.4 Å². The highest BCUT2D eigenvalue weighted by Gasteiger charge is 2.14. The predicted octanol–water partition coefficient (Wildman–Crippen LogP) is 3.72. The molecule has 3 rings (SSSR count). The molecular weight excluding hydrogens is 325 g/mol. The quantitative estimate of drug-likeness (QED) is 0.750. The molecule has 0 radical (unpaired) electrons. The lowest BCUT2D eigenvalue weighted by Crippen LogP contribution is -2.13. The van der Waals surface area contributed by atoms with Crippen LogP contribution in [0.15, 0.2) is 47.1 Å². The number of fused-ring (bicyclic) bond motifs is 1. The van der Waals surface area contributed by atoms with Gasteiger partial charge in [0.25, 0.3) is 5.91 Å². The fourth-order valence-corrected chi connectivity index (χ4v) is 2.26. The number of amides is 1. The Morgan fingerprint density at radius 1 is 1.30 bits per heavy atom. The van der Waals surface area contributed by atoms with Gasteiger partial charge in [-0.3, -0.25) is 9.89 Å². The third-order valence-electron chi connectivity index (χ3n) is 2.90. The third-order valence-corrected chi connectivity index (χ3v) is 3.51. The Balaban J connectivity index is 1.90. The molecule has 6 heteroatoms. The van der Waals surface area contributed by atoms with Crippen molar-refractivity contribution in [3.05, 3.63) is 58.4 Å². The Kier molecular flexibility index (Phi) is 3.23. The minimum absolute atomic E-state index is 0.0101. The number of nitrogens with one attached hydrogen (secondary N) is 2. The molecule has 20 heavy (non-hydrogen) atoms. The highest BCUT2D eigenvalue weighted by molar-refractivity contribution is 9.10. The van der Waals surface area contributed by atoms with Crippen LogP contribution in [0.25, 0.3) is 10.9 Å². The topological polar surface area (TPSA) is 57.8 Å². The number of benzene rings is 2. The lowest BCUT2D eigenvalue weighted by Gasteiger charge is -2.07. The number of hydrogen-bond acceptors (Lipinski definition) is 2. The summed E-state index contributed by atoms with van der Waals surface area (Å²) in [7, 11) is 0. The first-order valence-electron chi connectivity index (χ1n) is 5.83. The number of anilines is 1. The van der Waals surface area contributed by atoms with Gasteiger partial charge in [0.1, 0.15) is 5.82 Å². The first kappa shape index (κ1) is 12.8. The van der Waals surface area contributed by atoms with E-state index in [0.29, 0.717) is 5.69 Å². The van der Waals surface area contributed by atoms with Gasteiger partial charge in [0.2, 0.25) is 0 Å². The van der Waals surface area contributed by atoms with E-state index in [0.717, 1.165) is 10.9 Å². The number of hydrogen-bond donors (Lipinski definition) is 2. The van der Waals surface area contributed by atoms with Crippen LogP contribution in [0.2, 0.25) is 0 Å². The van der Waals surface area contributed by atoms with Gasteiger partial charge >= 0.3 is 0 Å². The zero-order chi connectivity index (χ0) is 14.1. The van der Waals surface area contributed by atoms with Gasteiger partial charge in [0, 0.05) is 11.1 Å². The van der Waals surface area contributed by atoms with Gasteiger partial charge in [-0.05, 0) is 46.3 Å². The molecule has 1 heterocycles. The zero-order valence-electron chi connectivity index (χ0n) is 10.2. The zero-order valence-corrected chi connectivity index (χ0v) is 11.7. The summed E-state index contributed by atoms with van der Waals surface area (Å²) >= 11 is 3.06. The number of halogens is 2. The van der Waals surface area contributed by atoms with Gasteiger partial charge in [0.15, 0.2) is 0 Å². The van der Waals surface area contributed by atoms with E-state index in [-0.39, 0.29) is 10.0 Å². The number of carbonyl (C=O) groups excluding carboxylic acids is 1. The summed E-state index contributed by atoms with van der Waals surface area (Å²) in [6, 6.07) is 9.90. The molecule has 0 aliphatic rings. The number of carbonyl (C=O) groups is 1. The Morgan fingerprint density at radius 3 is 3.00 bits per heavy atom. The molecule has 0 aliphatic heterocycles. The van der Waals surface area contributed by atoms with E-state index in [2.05, 4.69) is 31.4 Å². The molecule has 2 N–H and O–H groups in total. The van der Waals surface area contributed by atoms with E-state index in [9.17, 15) is 9.18 Å². The summed E-state index contributed by atoms with van der Waals surface area (Å²) in [4.78, 5) is 12.1. The average Bonchev–Trinajstić information content (AvgIpc) is 2.89. The summed E-state index contributed by atoms with van der Waals surface area (Å²) < 4.78 is 14.1. The van der Waals surface area contributed by atoms with E-state index < -0.39 is 11.7 Å². The fraction of sp³-hybridized carbons (Fsp3) is 0. The molecule has 1 aromatic heterocycles. The molecule has 2 aromatic carbocycles. The molecular formula is C14H9BrFN3O. The Hall–Kier alpha value is -2.21. The molecule has 0 unspecified atom stereocenters. The monoisotopic (exact) mass is 333 g/mol. The van der Waals surface area contributed by atoms with Crippen LogP contribution in [0, 0.1) is 5.82 Å². The number of aromatic nitrogens is 2. The molecule has 100 valence electrons. The van der Waals surface area contributed by atoms with Crippen LogP contribution in [-0.2, 0) is 0 Å². The SMILES string of the molecule is O=C(Nc1ccc2cn[nH]c2c1)c1cccc(Br)c1F. The first-order chi connectivity index (χ1) is 9.65. The molecule has 4 nitrogen and oxygen atoms in total.